The number of ether oxygens (including phenoxy) is 1. The van der Waals surface area contributed by atoms with E-state index in [1.807, 2.05) is 12.1 Å². The fraction of sp³-hybridized carbons (Fsp3) is 0.588. The van der Waals surface area contributed by atoms with Crippen LogP contribution in [0.2, 0.25) is 0 Å². The van der Waals surface area contributed by atoms with E-state index in [2.05, 4.69) is 19.2 Å². The summed E-state index contributed by atoms with van der Waals surface area (Å²) in [6, 6.07) is 9.73. The lowest BCUT2D eigenvalue weighted by Gasteiger charge is -2.45. The maximum atomic E-state index is 10.9. The minimum atomic E-state index is -0.259. The molecule has 3 heteroatoms. The Hall–Kier alpha value is -1.35. The molecule has 20 heavy (non-hydrogen) atoms. The normalized spacial score (nSPS) is 32.1. The molecule has 0 aromatic heterocycles. The molecule has 0 aliphatic carbocycles. The second-order valence-electron chi connectivity index (χ2n) is 6.56. The van der Waals surface area contributed by atoms with Crippen LogP contribution in [0.5, 0.6) is 5.75 Å². The van der Waals surface area contributed by atoms with Crippen molar-refractivity contribution in [2.45, 2.75) is 57.7 Å². The summed E-state index contributed by atoms with van der Waals surface area (Å²) in [7, 11) is 2.43. The smallest absolute Gasteiger partial charge is 0.308 e. The van der Waals surface area contributed by atoms with Gasteiger partial charge in [-0.1, -0.05) is 0 Å². The molecule has 2 unspecified atom stereocenters. The number of piperidine rings is 1. The standard InChI is InChI=1S/C17H24NO2/c1-13(19)20-17-10-6-14(7-11-17)12-18(2)15-4-3-5-16(18)9-8-15/h6-7,10-11,15-16H,3-5,8-9,12H2,1-2H3/q+1. The van der Waals surface area contributed by atoms with Crippen LogP contribution in [-0.4, -0.2) is 29.6 Å². The van der Waals surface area contributed by atoms with Crippen molar-refractivity contribution in [2.24, 2.45) is 0 Å². The number of fused-ring (bicyclic) bond motifs is 2. The van der Waals surface area contributed by atoms with Gasteiger partial charge in [-0.25, -0.2) is 0 Å². The van der Waals surface area contributed by atoms with Gasteiger partial charge in [-0.2, -0.15) is 0 Å². The van der Waals surface area contributed by atoms with Gasteiger partial charge in [-0.15, -0.1) is 0 Å². The van der Waals surface area contributed by atoms with Gasteiger partial charge < -0.3 is 9.22 Å². The predicted molar refractivity (Wildman–Crippen MR) is 78.3 cm³/mol. The molecule has 2 bridgehead atoms. The number of carbonyl (C=O) groups excluding carboxylic acids is 1. The Morgan fingerprint density at radius 3 is 2.30 bits per heavy atom. The van der Waals surface area contributed by atoms with E-state index < -0.39 is 0 Å². The number of hydrogen-bond donors (Lipinski definition) is 0. The second kappa shape index (κ2) is 5.21. The summed E-state index contributed by atoms with van der Waals surface area (Å²) >= 11 is 0. The maximum absolute atomic E-state index is 10.9. The molecule has 2 atom stereocenters. The van der Waals surface area contributed by atoms with Gasteiger partial charge in [-0.05, 0) is 43.5 Å². The van der Waals surface area contributed by atoms with E-state index >= 15 is 0 Å². The fourth-order valence-corrected chi connectivity index (χ4v) is 4.22. The number of benzene rings is 1. The van der Waals surface area contributed by atoms with Crippen LogP contribution in [0, 0.1) is 0 Å². The van der Waals surface area contributed by atoms with Crippen LogP contribution in [0.1, 0.15) is 44.6 Å². The summed E-state index contributed by atoms with van der Waals surface area (Å²) in [6.07, 6.45) is 6.98. The zero-order chi connectivity index (χ0) is 14.2. The molecule has 0 spiro atoms. The SMILES string of the molecule is CC(=O)Oc1ccc(C[N+]2(C)C3CCCC2CC3)cc1. The summed E-state index contributed by atoms with van der Waals surface area (Å²) in [5.74, 6) is 0.385. The average molecular weight is 274 g/mol. The van der Waals surface area contributed by atoms with Crippen LogP contribution in [0.15, 0.2) is 24.3 Å². The lowest BCUT2D eigenvalue weighted by Crippen LogP contribution is -2.54. The average Bonchev–Trinajstić information content (AvgIpc) is 2.61. The number of quaternary nitrogens is 1. The van der Waals surface area contributed by atoms with Gasteiger partial charge >= 0.3 is 5.97 Å². The minimum absolute atomic E-state index is 0.259. The summed E-state index contributed by atoms with van der Waals surface area (Å²) in [6.45, 7) is 2.54. The Balaban J connectivity index is 1.73. The highest BCUT2D eigenvalue weighted by Gasteiger charge is 2.48. The Morgan fingerprint density at radius 1 is 1.15 bits per heavy atom. The fourth-order valence-electron chi connectivity index (χ4n) is 4.22. The van der Waals surface area contributed by atoms with E-state index in [-0.39, 0.29) is 5.97 Å². The van der Waals surface area contributed by atoms with Crippen LogP contribution in [-0.2, 0) is 11.3 Å². The molecule has 0 N–H and O–H groups in total. The first-order valence-electron chi connectivity index (χ1n) is 7.70. The molecule has 2 aliphatic rings. The zero-order valence-electron chi connectivity index (χ0n) is 12.5. The van der Waals surface area contributed by atoms with Crippen LogP contribution in [0.4, 0.5) is 0 Å². The Labute approximate surface area is 121 Å². The van der Waals surface area contributed by atoms with Gasteiger partial charge in [0.25, 0.3) is 0 Å². The van der Waals surface area contributed by atoms with Crippen molar-refractivity contribution < 1.29 is 14.0 Å². The van der Waals surface area contributed by atoms with Crippen LogP contribution in [0.3, 0.4) is 0 Å². The molecule has 3 nitrogen and oxygen atoms in total. The first-order valence-corrected chi connectivity index (χ1v) is 7.70. The molecule has 2 saturated heterocycles. The highest BCUT2D eigenvalue weighted by molar-refractivity contribution is 5.69. The number of nitrogens with zero attached hydrogens (tertiary/aromatic N) is 1. The van der Waals surface area contributed by atoms with Gasteiger partial charge in [-0.3, -0.25) is 4.79 Å². The van der Waals surface area contributed by atoms with Gasteiger partial charge in [0, 0.05) is 25.3 Å². The Morgan fingerprint density at radius 2 is 1.75 bits per heavy atom. The minimum Gasteiger partial charge on any atom is -0.427 e. The predicted octanol–water partition coefficient (Wildman–Crippen LogP) is 3.27. The summed E-state index contributed by atoms with van der Waals surface area (Å²) in [4.78, 5) is 10.9. The quantitative estimate of drug-likeness (QED) is 0.480. The van der Waals surface area contributed by atoms with Gasteiger partial charge in [0.2, 0.25) is 0 Å². The van der Waals surface area contributed by atoms with E-state index in [4.69, 9.17) is 4.74 Å². The zero-order valence-corrected chi connectivity index (χ0v) is 12.5. The molecule has 0 radical (unpaired) electrons. The Kier molecular flexibility index (Phi) is 3.55. The van der Waals surface area contributed by atoms with E-state index in [9.17, 15) is 4.79 Å². The van der Waals surface area contributed by atoms with Crippen LogP contribution < -0.4 is 4.74 Å². The second-order valence-corrected chi connectivity index (χ2v) is 6.56. The maximum Gasteiger partial charge on any atom is 0.308 e. The van der Waals surface area contributed by atoms with Crippen LogP contribution >= 0.6 is 0 Å². The number of carbonyl (C=O) groups is 1. The van der Waals surface area contributed by atoms with Gasteiger partial charge in [0.1, 0.15) is 12.3 Å². The molecule has 0 saturated carbocycles. The molecule has 2 heterocycles. The third kappa shape index (κ3) is 2.47. The van der Waals surface area contributed by atoms with Crippen molar-refractivity contribution in [3.63, 3.8) is 0 Å². The summed E-state index contributed by atoms with van der Waals surface area (Å²) in [5, 5.41) is 0. The van der Waals surface area contributed by atoms with Gasteiger partial charge in [0.15, 0.2) is 0 Å². The third-order valence-electron chi connectivity index (χ3n) is 5.28. The summed E-state index contributed by atoms with van der Waals surface area (Å²) in [5.41, 5.74) is 1.35. The van der Waals surface area contributed by atoms with E-state index in [1.165, 1.54) is 49.1 Å². The largest absolute Gasteiger partial charge is 0.427 e. The van der Waals surface area contributed by atoms with Crippen molar-refractivity contribution >= 4 is 5.97 Å². The van der Waals surface area contributed by atoms with E-state index in [1.54, 1.807) is 0 Å². The molecule has 2 fully saturated rings. The first-order chi connectivity index (χ1) is 9.58. The van der Waals surface area contributed by atoms with Crippen molar-refractivity contribution in [1.29, 1.82) is 0 Å². The molecule has 1 aromatic carbocycles. The number of hydrogen-bond acceptors (Lipinski definition) is 2. The first kappa shape index (κ1) is 13.6. The van der Waals surface area contributed by atoms with E-state index in [0.29, 0.717) is 5.75 Å². The lowest BCUT2D eigenvalue weighted by molar-refractivity contribution is -0.960. The third-order valence-corrected chi connectivity index (χ3v) is 5.28. The van der Waals surface area contributed by atoms with Crippen molar-refractivity contribution in [3.8, 4) is 5.75 Å². The number of esters is 1. The van der Waals surface area contributed by atoms with E-state index in [0.717, 1.165) is 18.6 Å². The van der Waals surface area contributed by atoms with Crippen molar-refractivity contribution in [3.05, 3.63) is 29.8 Å². The highest BCUT2D eigenvalue weighted by Crippen LogP contribution is 2.42. The number of rotatable bonds is 3. The highest BCUT2D eigenvalue weighted by atomic mass is 16.5. The molecular formula is C17H24NO2+. The molecule has 108 valence electrons. The van der Waals surface area contributed by atoms with Gasteiger partial charge in [0.05, 0.1) is 19.1 Å². The molecule has 2 aliphatic heterocycles. The van der Waals surface area contributed by atoms with Crippen molar-refractivity contribution in [2.75, 3.05) is 7.05 Å². The molecule has 0 amide bonds. The lowest BCUT2D eigenvalue weighted by atomic mass is 9.98. The molecule has 3 rings (SSSR count). The molecule has 1 aromatic rings. The monoisotopic (exact) mass is 274 g/mol. The Bertz CT molecular complexity index is 478. The van der Waals surface area contributed by atoms with Crippen molar-refractivity contribution in [1.82, 2.24) is 0 Å². The summed E-state index contributed by atoms with van der Waals surface area (Å²) < 4.78 is 6.31. The van der Waals surface area contributed by atoms with Crippen LogP contribution in [0.25, 0.3) is 0 Å². The topological polar surface area (TPSA) is 26.3 Å². The molecular weight excluding hydrogens is 250 g/mol.